The summed E-state index contributed by atoms with van der Waals surface area (Å²) in [6.07, 6.45) is 5.55. The van der Waals surface area contributed by atoms with Gasteiger partial charge in [-0.05, 0) is 13.3 Å². The van der Waals surface area contributed by atoms with Crippen LogP contribution in [-0.2, 0) is 4.79 Å². The highest BCUT2D eigenvalue weighted by Gasteiger charge is 2.23. The second-order valence-corrected chi connectivity index (χ2v) is 6.91. The monoisotopic (exact) mass is 380 g/mol. The zero-order valence-electron chi connectivity index (χ0n) is 16.0. The van der Waals surface area contributed by atoms with Crippen molar-refractivity contribution in [3.8, 4) is 0 Å². The lowest BCUT2D eigenvalue weighted by atomic mass is 10.0. The van der Waals surface area contributed by atoms with Crippen molar-refractivity contribution >= 4 is 17.6 Å². The molecule has 0 unspecified atom stereocenters. The Hall–Kier alpha value is -3.09. The summed E-state index contributed by atoms with van der Waals surface area (Å²) in [5, 5.41) is 0. The number of benzene rings is 1. The summed E-state index contributed by atoms with van der Waals surface area (Å²) in [7, 11) is 0. The van der Waals surface area contributed by atoms with Crippen molar-refractivity contribution < 1.29 is 14.4 Å². The Morgan fingerprint density at radius 3 is 2.36 bits per heavy atom. The van der Waals surface area contributed by atoms with E-state index in [4.69, 9.17) is 0 Å². The molecule has 0 saturated carbocycles. The average Bonchev–Trinajstić information content (AvgIpc) is 2.99. The molecule has 0 aliphatic carbocycles. The number of aryl methyl sites for hydroxylation is 1. The Balaban J connectivity index is 1.50. The van der Waals surface area contributed by atoms with E-state index in [1.54, 1.807) is 21.9 Å². The first kappa shape index (κ1) is 19.7. The number of nitrogens with zero attached hydrogens (tertiary/aromatic N) is 4. The summed E-state index contributed by atoms with van der Waals surface area (Å²) in [6.45, 7) is 4.04. The lowest BCUT2D eigenvalue weighted by molar-refractivity contribution is -0.131. The highest BCUT2D eigenvalue weighted by Crippen LogP contribution is 2.12. The van der Waals surface area contributed by atoms with Crippen LogP contribution in [0, 0.1) is 6.92 Å². The van der Waals surface area contributed by atoms with E-state index >= 15 is 0 Å². The second-order valence-electron chi connectivity index (χ2n) is 6.91. The highest BCUT2D eigenvalue weighted by molar-refractivity contribution is 5.98. The summed E-state index contributed by atoms with van der Waals surface area (Å²) in [5.41, 5.74) is 2.04. The molecule has 7 nitrogen and oxygen atoms in total. The van der Waals surface area contributed by atoms with E-state index in [1.807, 2.05) is 19.1 Å². The third-order valence-electron chi connectivity index (χ3n) is 4.86. The van der Waals surface area contributed by atoms with Crippen molar-refractivity contribution in [3.05, 3.63) is 59.7 Å². The van der Waals surface area contributed by atoms with Crippen LogP contribution in [0.15, 0.2) is 42.9 Å². The average molecular weight is 380 g/mol. The van der Waals surface area contributed by atoms with Gasteiger partial charge in [0.25, 0.3) is 5.91 Å². The van der Waals surface area contributed by atoms with Gasteiger partial charge in [-0.2, -0.15) is 0 Å². The fourth-order valence-corrected chi connectivity index (χ4v) is 3.20. The van der Waals surface area contributed by atoms with Gasteiger partial charge in [0.2, 0.25) is 5.91 Å². The molecule has 1 aliphatic rings. The molecular weight excluding hydrogens is 356 g/mol. The number of ketones is 1. The van der Waals surface area contributed by atoms with Gasteiger partial charge in [-0.1, -0.05) is 29.8 Å². The van der Waals surface area contributed by atoms with Gasteiger partial charge < -0.3 is 9.80 Å². The molecule has 7 heteroatoms. The predicted molar refractivity (Wildman–Crippen MR) is 104 cm³/mol. The lowest BCUT2D eigenvalue weighted by Gasteiger charge is -2.22. The molecule has 146 valence electrons. The molecule has 0 spiro atoms. The van der Waals surface area contributed by atoms with Crippen LogP contribution in [0.3, 0.4) is 0 Å². The molecule has 1 saturated heterocycles. The topological polar surface area (TPSA) is 83.5 Å². The summed E-state index contributed by atoms with van der Waals surface area (Å²) >= 11 is 0. The summed E-state index contributed by atoms with van der Waals surface area (Å²) in [4.78, 5) is 48.7. The maximum Gasteiger partial charge on any atom is 0.274 e. The van der Waals surface area contributed by atoms with Crippen molar-refractivity contribution in [1.82, 2.24) is 19.8 Å². The maximum atomic E-state index is 12.5. The van der Waals surface area contributed by atoms with Crippen LogP contribution < -0.4 is 0 Å². The molecule has 0 radical (unpaired) electrons. The zero-order chi connectivity index (χ0) is 19.9. The first-order valence-corrected chi connectivity index (χ1v) is 9.47. The molecule has 1 fully saturated rings. The summed E-state index contributed by atoms with van der Waals surface area (Å²) in [6, 6.07) is 7.38. The molecule has 2 aromatic rings. The largest absolute Gasteiger partial charge is 0.341 e. The maximum absolute atomic E-state index is 12.5. The molecule has 1 aromatic carbocycles. The second kappa shape index (κ2) is 9.21. The number of carbonyl (C=O) groups excluding carboxylic acids is 3. The molecule has 0 atom stereocenters. The van der Waals surface area contributed by atoms with Crippen LogP contribution in [0.2, 0.25) is 0 Å². The van der Waals surface area contributed by atoms with Crippen LogP contribution in [0.1, 0.15) is 45.7 Å². The summed E-state index contributed by atoms with van der Waals surface area (Å²) < 4.78 is 0. The van der Waals surface area contributed by atoms with Gasteiger partial charge in [0.1, 0.15) is 5.69 Å². The first-order valence-electron chi connectivity index (χ1n) is 9.47. The number of amides is 2. The minimum atomic E-state index is -0.169. The molecule has 3 rings (SSSR count). The third kappa shape index (κ3) is 5.00. The number of hydrogen-bond acceptors (Lipinski definition) is 5. The van der Waals surface area contributed by atoms with E-state index < -0.39 is 0 Å². The predicted octanol–water partition coefficient (Wildman–Crippen LogP) is 2.12. The Labute approximate surface area is 164 Å². The number of carbonyl (C=O) groups is 3. The SMILES string of the molecule is Cc1ccc(C(=O)CCC(=O)N2CCCN(C(=O)c3cnccn3)CC2)cc1. The molecule has 2 amide bonds. The fourth-order valence-electron chi connectivity index (χ4n) is 3.20. The van der Waals surface area contributed by atoms with E-state index in [2.05, 4.69) is 9.97 Å². The minimum Gasteiger partial charge on any atom is -0.341 e. The summed E-state index contributed by atoms with van der Waals surface area (Å²) in [5.74, 6) is -0.242. The van der Waals surface area contributed by atoms with Crippen molar-refractivity contribution in [3.63, 3.8) is 0 Å². The van der Waals surface area contributed by atoms with Crippen molar-refractivity contribution in [1.29, 1.82) is 0 Å². The molecule has 0 N–H and O–H groups in total. The van der Waals surface area contributed by atoms with Gasteiger partial charge in [0.15, 0.2) is 5.78 Å². The van der Waals surface area contributed by atoms with Crippen molar-refractivity contribution in [2.45, 2.75) is 26.2 Å². The minimum absolute atomic E-state index is 0.0253. The standard InChI is InChI=1S/C21H24N4O3/c1-16-3-5-17(6-4-16)19(26)7-8-20(27)24-11-2-12-25(14-13-24)21(28)18-15-22-9-10-23-18/h3-6,9-10,15H,2,7-8,11-14H2,1H3. The molecule has 1 aromatic heterocycles. The highest BCUT2D eigenvalue weighted by atomic mass is 16.2. The van der Waals surface area contributed by atoms with E-state index in [0.717, 1.165) is 5.56 Å². The molecule has 2 heterocycles. The lowest BCUT2D eigenvalue weighted by Crippen LogP contribution is -2.37. The number of hydrogen-bond donors (Lipinski definition) is 0. The van der Waals surface area contributed by atoms with Crippen LogP contribution >= 0.6 is 0 Å². The van der Waals surface area contributed by atoms with Crippen LogP contribution in [0.4, 0.5) is 0 Å². The van der Waals surface area contributed by atoms with Crippen molar-refractivity contribution in [2.75, 3.05) is 26.2 Å². The zero-order valence-corrected chi connectivity index (χ0v) is 16.0. The van der Waals surface area contributed by atoms with Crippen LogP contribution in [0.25, 0.3) is 0 Å². The molecule has 28 heavy (non-hydrogen) atoms. The Morgan fingerprint density at radius 1 is 0.929 bits per heavy atom. The molecule has 0 bridgehead atoms. The van der Waals surface area contributed by atoms with Gasteiger partial charge in [0.05, 0.1) is 6.20 Å². The van der Waals surface area contributed by atoms with Gasteiger partial charge in [-0.15, -0.1) is 0 Å². The number of rotatable bonds is 5. The van der Waals surface area contributed by atoms with E-state index in [0.29, 0.717) is 43.9 Å². The van der Waals surface area contributed by atoms with E-state index in [9.17, 15) is 14.4 Å². The third-order valence-corrected chi connectivity index (χ3v) is 4.86. The number of aromatic nitrogens is 2. The smallest absolute Gasteiger partial charge is 0.274 e. The van der Waals surface area contributed by atoms with Crippen molar-refractivity contribution in [2.24, 2.45) is 0 Å². The normalized spacial score (nSPS) is 14.5. The van der Waals surface area contributed by atoms with Crippen LogP contribution in [-0.4, -0.2) is 63.5 Å². The van der Waals surface area contributed by atoms with E-state index in [-0.39, 0.29) is 30.4 Å². The van der Waals surface area contributed by atoms with Gasteiger partial charge in [-0.25, -0.2) is 4.98 Å². The van der Waals surface area contributed by atoms with Gasteiger partial charge in [-0.3, -0.25) is 19.4 Å². The Morgan fingerprint density at radius 2 is 1.64 bits per heavy atom. The van der Waals surface area contributed by atoms with Gasteiger partial charge >= 0.3 is 0 Å². The molecular formula is C21H24N4O3. The fraction of sp³-hybridized carbons (Fsp3) is 0.381. The number of Topliss-reactive ketones (excluding diaryl/α,β-unsaturated/α-hetero) is 1. The van der Waals surface area contributed by atoms with Gasteiger partial charge in [0, 0.05) is 57.0 Å². The quantitative estimate of drug-likeness (QED) is 0.742. The van der Waals surface area contributed by atoms with Crippen LogP contribution in [0.5, 0.6) is 0 Å². The first-order chi connectivity index (χ1) is 13.5. The van der Waals surface area contributed by atoms with E-state index in [1.165, 1.54) is 18.6 Å². The Bertz CT molecular complexity index is 836. The Kier molecular flexibility index (Phi) is 6.47. The molecule has 1 aliphatic heterocycles.